The molecule has 0 saturated carbocycles. The Morgan fingerprint density at radius 3 is 2.52 bits per heavy atom. The first kappa shape index (κ1) is 15.6. The summed E-state index contributed by atoms with van der Waals surface area (Å²) in [6.07, 6.45) is -4.34. The van der Waals surface area contributed by atoms with Gasteiger partial charge in [-0.1, -0.05) is 19.1 Å². The van der Waals surface area contributed by atoms with Crippen LogP contribution in [-0.2, 0) is 13.2 Å². The van der Waals surface area contributed by atoms with Crippen LogP contribution >= 0.6 is 0 Å². The number of aromatic nitrogens is 2. The van der Waals surface area contributed by atoms with Crippen LogP contribution in [-0.4, -0.2) is 16.3 Å². The number of rotatable bonds is 4. The normalized spacial score (nSPS) is 13.4. The van der Waals surface area contributed by atoms with Crippen molar-refractivity contribution < 1.29 is 13.2 Å². The predicted octanol–water partition coefficient (Wildman–Crippen LogP) is 3.45. The van der Waals surface area contributed by atoms with Crippen LogP contribution in [0.15, 0.2) is 30.3 Å². The van der Waals surface area contributed by atoms with Crippen molar-refractivity contribution in [1.82, 2.24) is 15.1 Å². The lowest BCUT2D eigenvalue weighted by molar-refractivity contribution is -0.137. The van der Waals surface area contributed by atoms with Gasteiger partial charge in [0.2, 0.25) is 0 Å². The molecule has 0 aliphatic heterocycles. The summed E-state index contributed by atoms with van der Waals surface area (Å²) in [4.78, 5) is 0. The lowest BCUT2D eigenvalue weighted by Gasteiger charge is -2.20. The standard InChI is InChI=1S/C15H18F3N3/c1-4-19-14(13-8-10(2)20-21(13)3)11-6-5-7-12(9-11)15(16,17)18/h5-9,14,19H,4H2,1-3H3. The molecule has 1 aromatic heterocycles. The van der Waals surface area contributed by atoms with E-state index in [9.17, 15) is 13.2 Å². The van der Waals surface area contributed by atoms with Gasteiger partial charge in [-0.05, 0) is 37.2 Å². The molecule has 0 spiro atoms. The van der Waals surface area contributed by atoms with Crippen LogP contribution in [0.3, 0.4) is 0 Å². The minimum absolute atomic E-state index is 0.316. The molecule has 0 amide bonds. The second kappa shape index (κ2) is 5.89. The van der Waals surface area contributed by atoms with Gasteiger partial charge in [0, 0.05) is 7.05 Å². The Hall–Kier alpha value is -1.82. The molecule has 1 N–H and O–H groups in total. The van der Waals surface area contributed by atoms with Crippen LogP contribution in [0.2, 0.25) is 0 Å². The quantitative estimate of drug-likeness (QED) is 0.937. The number of alkyl halides is 3. The third-order valence-corrected chi connectivity index (χ3v) is 3.29. The van der Waals surface area contributed by atoms with E-state index in [0.29, 0.717) is 12.1 Å². The third kappa shape index (κ3) is 3.44. The zero-order valence-electron chi connectivity index (χ0n) is 12.2. The van der Waals surface area contributed by atoms with Crippen molar-refractivity contribution in [2.75, 3.05) is 6.54 Å². The summed E-state index contributed by atoms with van der Waals surface area (Å²) in [5, 5.41) is 7.49. The van der Waals surface area contributed by atoms with Gasteiger partial charge in [-0.15, -0.1) is 0 Å². The van der Waals surface area contributed by atoms with Crippen molar-refractivity contribution in [3.05, 3.63) is 52.8 Å². The van der Waals surface area contributed by atoms with E-state index < -0.39 is 11.7 Å². The van der Waals surface area contributed by atoms with Crippen LogP contribution in [0, 0.1) is 6.92 Å². The first-order chi connectivity index (χ1) is 9.82. The summed E-state index contributed by atoms with van der Waals surface area (Å²) < 4.78 is 40.3. The maximum Gasteiger partial charge on any atom is 0.416 e. The molecular formula is C15H18F3N3. The molecule has 1 atom stereocenters. The molecule has 21 heavy (non-hydrogen) atoms. The monoisotopic (exact) mass is 297 g/mol. The Morgan fingerprint density at radius 2 is 2.00 bits per heavy atom. The molecule has 2 aromatic rings. The van der Waals surface area contributed by atoms with Gasteiger partial charge in [0.1, 0.15) is 0 Å². The minimum atomic E-state index is -4.34. The highest BCUT2D eigenvalue weighted by Crippen LogP contribution is 2.32. The van der Waals surface area contributed by atoms with Gasteiger partial charge in [-0.3, -0.25) is 4.68 Å². The van der Waals surface area contributed by atoms with Crippen molar-refractivity contribution in [3.8, 4) is 0 Å². The average Bonchev–Trinajstić information content (AvgIpc) is 2.74. The fourth-order valence-electron chi connectivity index (χ4n) is 2.39. The van der Waals surface area contributed by atoms with E-state index in [-0.39, 0.29) is 6.04 Å². The van der Waals surface area contributed by atoms with Crippen LogP contribution in [0.1, 0.15) is 35.5 Å². The van der Waals surface area contributed by atoms with Gasteiger partial charge in [0.05, 0.1) is 23.0 Å². The fourth-order valence-corrected chi connectivity index (χ4v) is 2.39. The minimum Gasteiger partial charge on any atom is -0.305 e. The average molecular weight is 297 g/mol. The van der Waals surface area contributed by atoms with E-state index in [0.717, 1.165) is 17.5 Å². The number of aryl methyl sites for hydroxylation is 2. The molecular weight excluding hydrogens is 279 g/mol. The molecule has 1 unspecified atom stereocenters. The van der Waals surface area contributed by atoms with Gasteiger partial charge in [-0.2, -0.15) is 18.3 Å². The predicted molar refractivity (Wildman–Crippen MR) is 74.9 cm³/mol. The van der Waals surface area contributed by atoms with Crippen LogP contribution in [0.25, 0.3) is 0 Å². The van der Waals surface area contributed by atoms with Gasteiger partial charge in [0.25, 0.3) is 0 Å². The zero-order chi connectivity index (χ0) is 15.6. The lowest BCUT2D eigenvalue weighted by atomic mass is 10.0. The second-order valence-corrected chi connectivity index (χ2v) is 4.95. The molecule has 0 fully saturated rings. The number of nitrogens with one attached hydrogen (secondary N) is 1. The summed E-state index contributed by atoms with van der Waals surface area (Å²) in [7, 11) is 1.79. The van der Waals surface area contributed by atoms with E-state index in [2.05, 4.69) is 10.4 Å². The number of benzene rings is 1. The molecule has 0 bridgehead atoms. The van der Waals surface area contributed by atoms with Gasteiger partial charge >= 0.3 is 6.18 Å². The summed E-state index contributed by atoms with van der Waals surface area (Å²) >= 11 is 0. The largest absolute Gasteiger partial charge is 0.416 e. The lowest BCUT2D eigenvalue weighted by Crippen LogP contribution is -2.24. The van der Waals surface area contributed by atoms with Gasteiger partial charge in [0.15, 0.2) is 0 Å². The van der Waals surface area contributed by atoms with Crippen molar-refractivity contribution in [2.45, 2.75) is 26.1 Å². The van der Waals surface area contributed by atoms with Crippen molar-refractivity contribution in [2.24, 2.45) is 7.05 Å². The molecule has 1 aromatic carbocycles. The first-order valence-corrected chi connectivity index (χ1v) is 6.74. The van der Waals surface area contributed by atoms with Crippen LogP contribution in [0.4, 0.5) is 13.2 Å². The topological polar surface area (TPSA) is 29.9 Å². The highest BCUT2D eigenvalue weighted by atomic mass is 19.4. The Bertz CT molecular complexity index is 617. The highest BCUT2D eigenvalue weighted by molar-refractivity contribution is 5.33. The number of hydrogen-bond donors (Lipinski definition) is 1. The second-order valence-electron chi connectivity index (χ2n) is 4.95. The molecule has 3 nitrogen and oxygen atoms in total. The van der Waals surface area contributed by atoms with Crippen molar-refractivity contribution in [3.63, 3.8) is 0 Å². The summed E-state index contributed by atoms with van der Waals surface area (Å²) in [6.45, 7) is 4.42. The van der Waals surface area contributed by atoms with Gasteiger partial charge in [-0.25, -0.2) is 0 Å². The third-order valence-electron chi connectivity index (χ3n) is 3.29. The van der Waals surface area contributed by atoms with Gasteiger partial charge < -0.3 is 5.32 Å². The maximum atomic E-state index is 12.9. The highest BCUT2D eigenvalue weighted by Gasteiger charge is 2.31. The van der Waals surface area contributed by atoms with Crippen LogP contribution in [0.5, 0.6) is 0 Å². The van der Waals surface area contributed by atoms with E-state index in [1.807, 2.05) is 19.9 Å². The summed E-state index contributed by atoms with van der Waals surface area (Å²) in [5.41, 5.74) is 1.62. The molecule has 6 heteroatoms. The number of nitrogens with zero attached hydrogens (tertiary/aromatic N) is 2. The molecule has 0 radical (unpaired) electrons. The molecule has 114 valence electrons. The Morgan fingerprint density at radius 1 is 1.29 bits per heavy atom. The Kier molecular flexibility index (Phi) is 4.37. The molecule has 0 aliphatic rings. The first-order valence-electron chi connectivity index (χ1n) is 6.74. The van der Waals surface area contributed by atoms with Crippen LogP contribution < -0.4 is 5.32 Å². The number of halogens is 3. The van der Waals surface area contributed by atoms with E-state index in [4.69, 9.17) is 0 Å². The SMILES string of the molecule is CCNC(c1cccc(C(F)(F)F)c1)c1cc(C)nn1C. The van der Waals surface area contributed by atoms with Crippen molar-refractivity contribution in [1.29, 1.82) is 0 Å². The molecule has 0 saturated heterocycles. The summed E-state index contributed by atoms with van der Waals surface area (Å²) in [5.74, 6) is 0. The molecule has 2 rings (SSSR count). The van der Waals surface area contributed by atoms with Crippen molar-refractivity contribution >= 4 is 0 Å². The smallest absolute Gasteiger partial charge is 0.305 e. The zero-order valence-corrected chi connectivity index (χ0v) is 12.2. The van der Waals surface area contributed by atoms with E-state index in [1.54, 1.807) is 17.8 Å². The molecule has 0 aliphatic carbocycles. The Labute approximate surface area is 121 Å². The summed E-state index contributed by atoms with van der Waals surface area (Å²) in [6, 6.07) is 6.98. The maximum absolute atomic E-state index is 12.9. The fraction of sp³-hybridized carbons (Fsp3) is 0.400. The van der Waals surface area contributed by atoms with E-state index in [1.165, 1.54) is 12.1 Å². The van der Waals surface area contributed by atoms with E-state index >= 15 is 0 Å². The Balaban J connectivity index is 2.46. The molecule has 1 heterocycles. The number of hydrogen-bond acceptors (Lipinski definition) is 2.